The molecule has 1 fully saturated rings. The molecule has 1 aliphatic carbocycles. The second kappa shape index (κ2) is 5.74. The smallest absolute Gasteiger partial charge is 0.250 e. The number of nitrogens with one attached hydrogen (secondary N) is 1. The summed E-state index contributed by atoms with van der Waals surface area (Å²) >= 11 is 0. The van der Waals surface area contributed by atoms with Crippen LogP contribution in [-0.2, 0) is 7.05 Å². The first-order valence-corrected chi connectivity index (χ1v) is 8.31. The van der Waals surface area contributed by atoms with Gasteiger partial charge in [-0.25, -0.2) is 0 Å². The van der Waals surface area contributed by atoms with E-state index in [4.69, 9.17) is 0 Å². The summed E-state index contributed by atoms with van der Waals surface area (Å²) in [4.78, 5) is 11.8. The summed E-state index contributed by atoms with van der Waals surface area (Å²) in [5, 5.41) is 13.0. The normalized spacial score (nSPS) is 15.4. The SMILES string of the molecule is C[C@@H](Nc1cnnc2cc(-c3ccn(C)c(=O)c3)ccc12)C1CC1. The zero-order valence-corrected chi connectivity index (χ0v) is 13.9. The second-order valence-corrected chi connectivity index (χ2v) is 6.63. The molecule has 2 heterocycles. The fourth-order valence-electron chi connectivity index (χ4n) is 3.04. The van der Waals surface area contributed by atoms with Gasteiger partial charge in [-0.1, -0.05) is 6.07 Å². The molecular weight excluding hydrogens is 300 g/mol. The maximum Gasteiger partial charge on any atom is 0.250 e. The Morgan fingerprint density at radius 2 is 2.00 bits per heavy atom. The molecule has 1 aliphatic rings. The zero-order valence-electron chi connectivity index (χ0n) is 13.9. The molecule has 4 rings (SSSR count). The molecule has 1 atom stereocenters. The fourth-order valence-corrected chi connectivity index (χ4v) is 3.04. The lowest BCUT2D eigenvalue weighted by molar-refractivity contribution is 0.694. The van der Waals surface area contributed by atoms with Crippen LogP contribution in [0.1, 0.15) is 19.8 Å². The molecule has 122 valence electrons. The van der Waals surface area contributed by atoms with Crippen molar-refractivity contribution in [1.29, 1.82) is 0 Å². The monoisotopic (exact) mass is 320 g/mol. The van der Waals surface area contributed by atoms with Crippen LogP contribution in [0.15, 0.2) is 47.5 Å². The summed E-state index contributed by atoms with van der Waals surface area (Å²) in [7, 11) is 1.75. The topological polar surface area (TPSA) is 59.8 Å². The molecule has 0 bridgehead atoms. The van der Waals surface area contributed by atoms with Crippen molar-refractivity contribution in [1.82, 2.24) is 14.8 Å². The van der Waals surface area contributed by atoms with Crippen LogP contribution in [0.3, 0.4) is 0 Å². The van der Waals surface area contributed by atoms with Gasteiger partial charge in [0.15, 0.2) is 0 Å². The molecule has 5 heteroatoms. The van der Waals surface area contributed by atoms with Crippen molar-refractivity contribution < 1.29 is 0 Å². The molecule has 0 saturated heterocycles. The van der Waals surface area contributed by atoms with Gasteiger partial charge >= 0.3 is 0 Å². The van der Waals surface area contributed by atoms with E-state index in [1.54, 1.807) is 30.1 Å². The zero-order chi connectivity index (χ0) is 16.7. The minimum absolute atomic E-state index is 0.0210. The first kappa shape index (κ1) is 14.9. The van der Waals surface area contributed by atoms with Crippen molar-refractivity contribution in [2.24, 2.45) is 13.0 Å². The van der Waals surface area contributed by atoms with Crippen molar-refractivity contribution >= 4 is 16.6 Å². The Morgan fingerprint density at radius 3 is 2.75 bits per heavy atom. The van der Waals surface area contributed by atoms with Gasteiger partial charge in [0.25, 0.3) is 5.56 Å². The molecule has 0 radical (unpaired) electrons. The van der Waals surface area contributed by atoms with E-state index in [0.29, 0.717) is 6.04 Å². The largest absolute Gasteiger partial charge is 0.380 e. The molecular formula is C19H20N4O. The Kier molecular flexibility index (Phi) is 3.56. The summed E-state index contributed by atoms with van der Waals surface area (Å²) in [5.74, 6) is 0.771. The summed E-state index contributed by atoms with van der Waals surface area (Å²) in [6, 6.07) is 10.1. The first-order valence-electron chi connectivity index (χ1n) is 8.31. The first-order chi connectivity index (χ1) is 11.6. The van der Waals surface area contributed by atoms with Crippen LogP contribution in [0.2, 0.25) is 0 Å². The van der Waals surface area contributed by atoms with Crippen LogP contribution in [0.4, 0.5) is 5.69 Å². The van der Waals surface area contributed by atoms with E-state index >= 15 is 0 Å². The molecule has 1 N–H and O–H groups in total. The lowest BCUT2D eigenvalue weighted by Crippen LogP contribution is -2.17. The predicted molar refractivity (Wildman–Crippen MR) is 96.0 cm³/mol. The quantitative estimate of drug-likeness (QED) is 0.802. The van der Waals surface area contributed by atoms with Gasteiger partial charge in [-0.15, -0.1) is 0 Å². The van der Waals surface area contributed by atoms with E-state index in [1.807, 2.05) is 18.2 Å². The molecule has 0 aliphatic heterocycles. The number of nitrogens with zero attached hydrogens (tertiary/aromatic N) is 3. The van der Waals surface area contributed by atoms with Crippen molar-refractivity contribution in [2.75, 3.05) is 5.32 Å². The van der Waals surface area contributed by atoms with Gasteiger partial charge < -0.3 is 9.88 Å². The Bertz CT molecular complexity index is 959. The Labute approximate surface area is 140 Å². The lowest BCUT2D eigenvalue weighted by Gasteiger charge is -2.15. The second-order valence-electron chi connectivity index (χ2n) is 6.63. The number of pyridine rings is 1. The van der Waals surface area contributed by atoms with E-state index in [9.17, 15) is 4.79 Å². The highest BCUT2D eigenvalue weighted by molar-refractivity contribution is 5.93. The van der Waals surface area contributed by atoms with E-state index in [2.05, 4.69) is 28.5 Å². The van der Waals surface area contributed by atoms with Gasteiger partial charge in [0.2, 0.25) is 0 Å². The molecule has 0 spiro atoms. The summed E-state index contributed by atoms with van der Waals surface area (Å²) in [6.07, 6.45) is 6.18. The van der Waals surface area contributed by atoms with Gasteiger partial charge in [-0.2, -0.15) is 10.2 Å². The van der Waals surface area contributed by atoms with E-state index in [1.165, 1.54) is 12.8 Å². The molecule has 5 nitrogen and oxygen atoms in total. The van der Waals surface area contributed by atoms with Crippen LogP contribution < -0.4 is 10.9 Å². The number of aromatic nitrogens is 3. The molecule has 0 amide bonds. The Balaban J connectivity index is 1.73. The fraction of sp³-hybridized carbons (Fsp3) is 0.316. The maximum absolute atomic E-state index is 11.8. The molecule has 1 saturated carbocycles. The number of anilines is 1. The molecule has 3 aromatic rings. The van der Waals surface area contributed by atoms with Gasteiger partial charge in [-0.05, 0) is 55.0 Å². The maximum atomic E-state index is 11.8. The summed E-state index contributed by atoms with van der Waals surface area (Å²) in [5.41, 5.74) is 3.71. The van der Waals surface area contributed by atoms with Crippen molar-refractivity contribution in [2.45, 2.75) is 25.8 Å². The van der Waals surface area contributed by atoms with Gasteiger partial charge in [-0.3, -0.25) is 4.79 Å². The minimum Gasteiger partial charge on any atom is -0.380 e. The van der Waals surface area contributed by atoms with E-state index < -0.39 is 0 Å². The average Bonchev–Trinajstić information content (AvgIpc) is 3.42. The lowest BCUT2D eigenvalue weighted by atomic mass is 10.0. The third kappa shape index (κ3) is 2.77. The van der Waals surface area contributed by atoms with Crippen LogP contribution >= 0.6 is 0 Å². The summed E-state index contributed by atoms with van der Waals surface area (Å²) < 4.78 is 1.56. The van der Waals surface area contributed by atoms with E-state index in [0.717, 1.165) is 33.6 Å². The molecule has 1 aromatic carbocycles. The van der Waals surface area contributed by atoms with Crippen molar-refractivity contribution in [3.8, 4) is 11.1 Å². The summed E-state index contributed by atoms with van der Waals surface area (Å²) in [6.45, 7) is 2.22. The average molecular weight is 320 g/mol. The van der Waals surface area contributed by atoms with Gasteiger partial charge in [0.05, 0.1) is 17.4 Å². The van der Waals surface area contributed by atoms with Crippen LogP contribution in [0.25, 0.3) is 22.0 Å². The molecule has 0 unspecified atom stereocenters. The number of benzene rings is 1. The van der Waals surface area contributed by atoms with Crippen molar-refractivity contribution in [3.63, 3.8) is 0 Å². The standard InChI is InChI=1S/C19H20N4O/c1-12(13-3-4-13)21-18-11-20-22-17-9-14(5-6-16(17)18)15-7-8-23(2)19(24)10-15/h5-13H,3-4H2,1-2H3,(H,21,22)/t12-/m1/s1. The third-order valence-corrected chi connectivity index (χ3v) is 4.79. The number of hydrogen-bond acceptors (Lipinski definition) is 4. The number of hydrogen-bond donors (Lipinski definition) is 1. The molecule has 2 aromatic heterocycles. The molecule has 24 heavy (non-hydrogen) atoms. The van der Waals surface area contributed by atoms with Crippen LogP contribution in [0, 0.1) is 5.92 Å². The Hall–Kier alpha value is -2.69. The van der Waals surface area contributed by atoms with Crippen LogP contribution in [0.5, 0.6) is 0 Å². The number of fused-ring (bicyclic) bond motifs is 1. The van der Waals surface area contributed by atoms with Crippen molar-refractivity contribution in [3.05, 3.63) is 53.1 Å². The number of rotatable bonds is 4. The van der Waals surface area contributed by atoms with Crippen LogP contribution in [-0.4, -0.2) is 20.8 Å². The van der Waals surface area contributed by atoms with Gasteiger partial charge in [0.1, 0.15) is 0 Å². The minimum atomic E-state index is -0.0210. The predicted octanol–water partition coefficient (Wildman–Crippen LogP) is 3.21. The highest BCUT2D eigenvalue weighted by atomic mass is 16.1. The van der Waals surface area contributed by atoms with E-state index in [-0.39, 0.29) is 5.56 Å². The number of aryl methyl sites for hydroxylation is 1. The Morgan fingerprint density at radius 1 is 1.21 bits per heavy atom. The highest BCUT2D eigenvalue weighted by Crippen LogP contribution is 2.35. The highest BCUT2D eigenvalue weighted by Gasteiger charge is 2.28. The third-order valence-electron chi connectivity index (χ3n) is 4.79. The van der Waals surface area contributed by atoms with Gasteiger partial charge in [0, 0.05) is 30.7 Å².